The molecular weight excluding hydrogens is 402 g/mol. The van der Waals surface area contributed by atoms with Gasteiger partial charge in [0.05, 0.1) is 0 Å². The molecule has 32 heavy (non-hydrogen) atoms. The molecular formula is C26H29N3O3. The summed E-state index contributed by atoms with van der Waals surface area (Å²) in [5, 5.41) is 3.23. The number of amides is 2. The molecule has 2 fully saturated rings. The molecule has 2 aliphatic rings. The molecule has 0 radical (unpaired) electrons. The summed E-state index contributed by atoms with van der Waals surface area (Å²) in [5.41, 5.74) is 3.00. The normalized spacial score (nSPS) is 21.8. The van der Waals surface area contributed by atoms with Gasteiger partial charge in [-0.2, -0.15) is 0 Å². The first-order valence-corrected chi connectivity index (χ1v) is 11.5. The highest BCUT2D eigenvalue weighted by Gasteiger charge is 2.38. The second kappa shape index (κ2) is 8.08. The van der Waals surface area contributed by atoms with Crippen molar-refractivity contribution in [2.75, 3.05) is 7.05 Å². The molecule has 2 amide bonds. The lowest BCUT2D eigenvalue weighted by Crippen LogP contribution is -2.52. The van der Waals surface area contributed by atoms with Gasteiger partial charge in [0.15, 0.2) is 5.58 Å². The summed E-state index contributed by atoms with van der Waals surface area (Å²) in [4.78, 5) is 32.1. The summed E-state index contributed by atoms with van der Waals surface area (Å²) in [7, 11) is 1.84. The van der Waals surface area contributed by atoms with E-state index >= 15 is 0 Å². The Balaban J connectivity index is 1.22. The number of para-hydroxylation sites is 2. The summed E-state index contributed by atoms with van der Waals surface area (Å²) < 4.78 is 5.82. The zero-order valence-electron chi connectivity index (χ0n) is 18.6. The molecule has 0 spiro atoms. The number of nitrogens with zero attached hydrogens (tertiary/aromatic N) is 2. The minimum atomic E-state index is -0.0221. The summed E-state index contributed by atoms with van der Waals surface area (Å²) in [6, 6.07) is 15.1. The van der Waals surface area contributed by atoms with Crippen molar-refractivity contribution in [3.05, 3.63) is 54.1 Å². The number of benzene rings is 2. The van der Waals surface area contributed by atoms with Gasteiger partial charge in [-0.1, -0.05) is 12.1 Å². The fourth-order valence-corrected chi connectivity index (χ4v) is 4.90. The number of rotatable bonds is 5. The minimum Gasteiger partial charge on any atom is -0.436 e. The number of hydrogen-bond acceptors (Lipinski definition) is 4. The molecule has 1 aromatic heterocycles. The molecule has 1 heterocycles. The van der Waals surface area contributed by atoms with Crippen LogP contribution in [0.25, 0.3) is 22.6 Å². The maximum absolute atomic E-state index is 13.1. The van der Waals surface area contributed by atoms with E-state index in [0.29, 0.717) is 11.5 Å². The van der Waals surface area contributed by atoms with Crippen LogP contribution in [0.3, 0.4) is 0 Å². The van der Waals surface area contributed by atoms with Crippen LogP contribution in [0.2, 0.25) is 0 Å². The molecule has 1 N–H and O–H groups in total. The molecule has 6 heteroatoms. The predicted octanol–water partition coefficient (Wildman–Crippen LogP) is 4.79. The Labute approximate surface area is 188 Å². The Morgan fingerprint density at radius 3 is 2.53 bits per heavy atom. The van der Waals surface area contributed by atoms with Crippen molar-refractivity contribution in [2.45, 2.75) is 57.0 Å². The number of hydrogen-bond donors (Lipinski definition) is 1. The molecule has 166 valence electrons. The van der Waals surface area contributed by atoms with Crippen LogP contribution in [0.1, 0.15) is 55.8 Å². The van der Waals surface area contributed by atoms with Crippen molar-refractivity contribution >= 4 is 22.9 Å². The Morgan fingerprint density at radius 2 is 1.84 bits per heavy atom. The zero-order valence-corrected chi connectivity index (χ0v) is 18.6. The number of carbonyl (C=O) groups is 2. The van der Waals surface area contributed by atoms with Crippen LogP contribution in [-0.2, 0) is 4.79 Å². The molecule has 2 saturated carbocycles. The molecule has 5 rings (SSSR count). The summed E-state index contributed by atoms with van der Waals surface area (Å²) in [6.07, 6.45) is 5.73. The van der Waals surface area contributed by atoms with E-state index in [1.807, 2.05) is 55.6 Å². The van der Waals surface area contributed by atoms with Crippen LogP contribution in [0.5, 0.6) is 0 Å². The van der Waals surface area contributed by atoms with Gasteiger partial charge >= 0.3 is 0 Å². The Bertz CT molecular complexity index is 1110. The largest absolute Gasteiger partial charge is 0.436 e. The van der Waals surface area contributed by atoms with Crippen LogP contribution >= 0.6 is 0 Å². The van der Waals surface area contributed by atoms with E-state index in [2.05, 4.69) is 17.2 Å². The smallest absolute Gasteiger partial charge is 0.253 e. The second-order valence-corrected chi connectivity index (χ2v) is 9.55. The molecule has 0 bridgehead atoms. The SMILES string of the molecule is CN(C(=O)c1ccc(-c2nc3ccccc3o2)cc1)[C@@H]1CC[C@H](C(=O)NC2(C)CCC2)C1. The lowest BCUT2D eigenvalue weighted by molar-refractivity contribution is -0.127. The Kier molecular flexibility index (Phi) is 5.24. The van der Waals surface area contributed by atoms with Crippen molar-refractivity contribution < 1.29 is 14.0 Å². The number of nitrogens with one attached hydrogen (secondary N) is 1. The molecule has 2 aliphatic carbocycles. The second-order valence-electron chi connectivity index (χ2n) is 9.55. The van der Waals surface area contributed by atoms with Gasteiger partial charge in [0.25, 0.3) is 5.91 Å². The van der Waals surface area contributed by atoms with E-state index in [-0.39, 0.29) is 29.3 Å². The van der Waals surface area contributed by atoms with Gasteiger partial charge in [-0.15, -0.1) is 0 Å². The average molecular weight is 432 g/mol. The van der Waals surface area contributed by atoms with Crippen molar-refractivity contribution in [3.63, 3.8) is 0 Å². The van der Waals surface area contributed by atoms with Gasteiger partial charge in [0, 0.05) is 35.7 Å². The lowest BCUT2D eigenvalue weighted by Gasteiger charge is -2.40. The van der Waals surface area contributed by atoms with Gasteiger partial charge in [0.1, 0.15) is 5.52 Å². The van der Waals surface area contributed by atoms with Crippen molar-refractivity contribution in [1.29, 1.82) is 0 Å². The van der Waals surface area contributed by atoms with Gasteiger partial charge in [-0.25, -0.2) is 4.98 Å². The van der Waals surface area contributed by atoms with E-state index in [4.69, 9.17) is 4.42 Å². The quantitative estimate of drug-likeness (QED) is 0.630. The van der Waals surface area contributed by atoms with Crippen LogP contribution in [0.15, 0.2) is 52.9 Å². The van der Waals surface area contributed by atoms with Crippen LogP contribution in [0.4, 0.5) is 0 Å². The van der Waals surface area contributed by atoms with Crippen molar-refractivity contribution in [3.8, 4) is 11.5 Å². The Morgan fingerprint density at radius 1 is 1.09 bits per heavy atom. The van der Waals surface area contributed by atoms with Crippen molar-refractivity contribution in [2.24, 2.45) is 5.92 Å². The van der Waals surface area contributed by atoms with E-state index < -0.39 is 0 Å². The highest BCUT2D eigenvalue weighted by atomic mass is 16.3. The van der Waals surface area contributed by atoms with Crippen LogP contribution in [0, 0.1) is 5.92 Å². The monoisotopic (exact) mass is 431 g/mol. The molecule has 0 aliphatic heterocycles. The minimum absolute atomic E-state index is 0.00536. The number of aromatic nitrogens is 1. The van der Waals surface area contributed by atoms with Crippen LogP contribution < -0.4 is 5.32 Å². The molecule has 3 aromatic rings. The molecule has 0 unspecified atom stereocenters. The Hall–Kier alpha value is -3.15. The fraction of sp³-hybridized carbons (Fsp3) is 0.423. The summed E-state index contributed by atoms with van der Waals surface area (Å²) >= 11 is 0. The first-order chi connectivity index (χ1) is 15.4. The predicted molar refractivity (Wildman–Crippen MR) is 123 cm³/mol. The van der Waals surface area contributed by atoms with E-state index in [0.717, 1.165) is 48.8 Å². The summed E-state index contributed by atoms with van der Waals surface area (Å²) in [5.74, 6) is 0.668. The molecule has 2 atom stereocenters. The number of carbonyl (C=O) groups excluding carboxylic acids is 2. The van der Waals surface area contributed by atoms with Gasteiger partial charge in [-0.3, -0.25) is 9.59 Å². The van der Waals surface area contributed by atoms with E-state index in [1.165, 1.54) is 6.42 Å². The highest BCUT2D eigenvalue weighted by molar-refractivity contribution is 5.95. The third kappa shape index (κ3) is 3.90. The molecule has 2 aromatic carbocycles. The third-order valence-corrected chi connectivity index (χ3v) is 7.20. The first kappa shape index (κ1) is 20.7. The average Bonchev–Trinajstić information content (AvgIpc) is 3.44. The molecule has 0 saturated heterocycles. The molecule has 6 nitrogen and oxygen atoms in total. The number of fused-ring (bicyclic) bond motifs is 1. The standard InChI is InChI=1S/C26H29N3O3/c1-26(14-5-15-26)28-23(30)19-12-13-20(16-19)29(2)25(31)18-10-8-17(9-11-18)24-27-21-6-3-4-7-22(21)32-24/h3-4,6-11,19-20H,5,12-16H2,1-2H3,(H,28,30)/t19-,20+/m0/s1. The van der Waals surface area contributed by atoms with E-state index in [9.17, 15) is 9.59 Å². The maximum Gasteiger partial charge on any atom is 0.253 e. The fourth-order valence-electron chi connectivity index (χ4n) is 4.90. The third-order valence-electron chi connectivity index (χ3n) is 7.20. The van der Waals surface area contributed by atoms with E-state index in [1.54, 1.807) is 4.90 Å². The first-order valence-electron chi connectivity index (χ1n) is 11.5. The zero-order chi connectivity index (χ0) is 22.3. The lowest BCUT2D eigenvalue weighted by atomic mass is 9.78. The topological polar surface area (TPSA) is 75.4 Å². The highest BCUT2D eigenvalue weighted by Crippen LogP contribution is 2.34. The van der Waals surface area contributed by atoms with Crippen molar-refractivity contribution in [1.82, 2.24) is 15.2 Å². The number of oxazole rings is 1. The van der Waals surface area contributed by atoms with Crippen LogP contribution in [-0.4, -0.2) is 40.3 Å². The van der Waals surface area contributed by atoms with Gasteiger partial charge in [-0.05, 0) is 81.8 Å². The van der Waals surface area contributed by atoms with Gasteiger partial charge in [0.2, 0.25) is 11.8 Å². The summed E-state index contributed by atoms with van der Waals surface area (Å²) in [6.45, 7) is 2.13. The van der Waals surface area contributed by atoms with Gasteiger partial charge < -0.3 is 14.6 Å². The maximum atomic E-state index is 13.1.